The topological polar surface area (TPSA) is 58.4 Å². The molecule has 3 heterocycles. The van der Waals surface area contributed by atoms with Crippen LogP contribution in [0.3, 0.4) is 0 Å². The van der Waals surface area contributed by atoms with Crippen LogP contribution in [-0.2, 0) is 24.2 Å². The van der Waals surface area contributed by atoms with Crippen LogP contribution in [0.1, 0.15) is 30.8 Å². The Labute approximate surface area is 119 Å². The SMILES string of the molecule is CN1CCCC(Cc2ncc3n2CC(C(=O)O)CC3)C1. The number of aromatic nitrogens is 2. The molecule has 0 bridgehead atoms. The number of aliphatic carboxylic acids is 1. The predicted molar refractivity (Wildman–Crippen MR) is 75.6 cm³/mol. The molecule has 2 atom stereocenters. The zero-order valence-electron chi connectivity index (χ0n) is 12.1. The van der Waals surface area contributed by atoms with E-state index in [1.54, 1.807) is 0 Å². The molecule has 5 heteroatoms. The summed E-state index contributed by atoms with van der Waals surface area (Å²) in [6, 6.07) is 0. The van der Waals surface area contributed by atoms with Crippen molar-refractivity contribution in [2.75, 3.05) is 20.1 Å². The van der Waals surface area contributed by atoms with E-state index in [-0.39, 0.29) is 5.92 Å². The molecular formula is C15H23N3O2. The van der Waals surface area contributed by atoms with Gasteiger partial charge in [0.25, 0.3) is 0 Å². The number of hydrogen-bond donors (Lipinski definition) is 1. The van der Waals surface area contributed by atoms with Crippen LogP contribution < -0.4 is 0 Å². The van der Waals surface area contributed by atoms with E-state index >= 15 is 0 Å². The Morgan fingerprint density at radius 3 is 3.05 bits per heavy atom. The Morgan fingerprint density at radius 2 is 2.30 bits per heavy atom. The van der Waals surface area contributed by atoms with E-state index in [4.69, 9.17) is 0 Å². The van der Waals surface area contributed by atoms with Crippen LogP contribution in [0.2, 0.25) is 0 Å². The first-order chi connectivity index (χ1) is 9.63. The van der Waals surface area contributed by atoms with Gasteiger partial charge in [0.05, 0.1) is 5.92 Å². The first-order valence-corrected chi connectivity index (χ1v) is 7.58. The van der Waals surface area contributed by atoms with Gasteiger partial charge in [0.1, 0.15) is 5.82 Å². The number of piperidine rings is 1. The second-order valence-electron chi connectivity index (χ2n) is 6.32. The Balaban J connectivity index is 1.72. The Bertz CT molecular complexity index is 497. The fourth-order valence-electron chi connectivity index (χ4n) is 3.57. The Hall–Kier alpha value is -1.36. The quantitative estimate of drug-likeness (QED) is 0.907. The van der Waals surface area contributed by atoms with E-state index in [0.717, 1.165) is 31.6 Å². The first-order valence-electron chi connectivity index (χ1n) is 7.58. The van der Waals surface area contributed by atoms with E-state index in [1.807, 2.05) is 6.20 Å². The van der Waals surface area contributed by atoms with Crippen LogP contribution >= 0.6 is 0 Å². The molecule has 1 saturated heterocycles. The zero-order chi connectivity index (χ0) is 14.1. The summed E-state index contributed by atoms with van der Waals surface area (Å²) in [5.41, 5.74) is 1.21. The van der Waals surface area contributed by atoms with Crippen LogP contribution in [0.15, 0.2) is 6.20 Å². The lowest BCUT2D eigenvalue weighted by Crippen LogP contribution is -2.34. The van der Waals surface area contributed by atoms with E-state index in [9.17, 15) is 9.90 Å². The van der Waals surface area contributed by atoms with Gasteiger partial charge in [-0.15, -0.1) is 0 Å². The third-order valence-corrected chi connectivity index (χ3v) is 4.72. The number of hydrogen-bond acceptors (Lipinski definition) is 3. The Kier molecular flexibility index (Phi) is 3.78. The standard InChI is InChI=1S/C15H23N3O2/c1-17-6-2-3-11(9-17)7-14-16-8-13-5-4-12(15(19)20)10-18(13)14/h8,11-12H,2-7,9-10H2,1H3,(H,19,20). The number of carbonyl (C=O) groups is 1. The smallest absolute Gasteiger partial charge is 0.308 e. The van der Waals surface area contributed by atoms with E-state index < -0.39 is 5.97 Å². The van der Waals surface area contributed by atoms with Gasteiger partial charge in [-0.2, -0.15) is 0 Å². The molecule has 0 spiro atoms. The molecule has 0 aliphatic carbocycles. The Morgan fingerprint density at radius 1 is 1.45 bits per heavy atom. The number of carboxylic acids is 1. The third-order valence-electron chi connectivity index (χ3n) is 4.72. The average Bonchev–Trinajstić information content (AvgIpc) is 2.81. The number of fused-ring (bicyclic) bond motifs is 1. The highest BCUT2D eigenvalue weighted by Crippen LogP contribution is 2.25. The summed E-state index contributed by atoms with van der Waals surface area (Å²) < 4.78 is 2.16. The van der Waals surface area contributed by atoms with Gasteiger partial charge in [0.2, 0.25) is 0 Å². The van der Waals surface area contributed by atoms with Crippen molar-refractivity contribution in [2.45, 2.75) is 38.6 Å². The van der Waals surface area contributed by atoms with Crippen molar-refractivity contribution >= 4 is 5.97 Å². The molecule has 110 valence electrons. The van der Waals surface area contributed by atoms with Gasteiger partial charge in [-0.3, -0.25) is 4.79 Å². The predicted octanol–water partition coefficient (Wildman–Crippen LogP) is 1.41. The minimum Gasteiger partial charge on any atom is -0.481 e. The van der Waals surface area contributed by atoms with Crippen molar-refractivity contribution in [1.29, 1.82) is 0 Å². The molecule has 0 radical (unpaired) electrons. The maximum absolute atomic E-state index is 11.2. The molecule has 2 aliphatic heterocycles. The second kappa shape index (κ2) is 5.56. The van der Waals surface area contributed by atoms with Crippen LogP contribution in [0.5, 0.6) is 0 Å². The first kappa shape index (κ1) is 13.6. The van der Waals surface area contributed by atoms with Crippen LogP contribution in [-0.4, -0.2) is 45.7 Å². The number of likely N-dealkylation sites (tertiary alicyclic amines) is 1. The second-order valence-corrected chi connectivity index (χ2v) is 6.32. The van der Waals surface area contributed by atoms with Crippen LogP contribution in [0.25, 0.3) is 0 Å². The molecule has 2 unspecified atom stereocenters. The summed E-state index contributed by atoms with van der Waals surface area (Å²) in [6.45, 7) is 2.92. The average molecular weight is 277 g/mol. The van der Waals surface area contributed by atoms with Crippen molar-refractivity contribution in [3.63, 3.8) is 0 Å². The molecule has 2 aliphatic rings. The van der Waals surface area contributed by atoms with E-state index in [0.29, 0.717) is 12.5 Å². The summed E-state index contributed by atoms with van der Waals surface area (Å²) in [7, 11) is 2.17. The fraction of sp³-hybridized carbons (Fsp3) is 0.733. The number of imidazole rings is 1. The molecule has 20 heavy (non-hydrogen) atoms. The number of nitrogens with zero attached hydrogens (tertiary/aromatic N) is 3. The van der Waals surface area contributed by atoms with Gasteiger partial charge >= 0.3 is 5.97 Å². The van der Waals surface area contributed by atoms with Crippen molar-refractivity contribution in [3.05, 3.63) is 17.7 Å². The molecule has 3 rings (SSSR count). The van der Waals surface area contributed by atoms with Crippen molar-refractivity contribution in [2.24, 2.45) is 11.8 Å². The molecule has 5 nitrogen and oxygen atoms in total. The minimum absolute atomic E-state index is 0.246. The number of rotatable bonds is 3. The molecule has 1 N–H and O–H groups in total. The summed E-state index contributed by atoms with van der Waals surface area (Å²) in [4.78, 5) is 18.1. The lowest BCUT2D eigenvalue weighted by molar-refractivity contribution is -0.142. The normalized spacial score (nSPS) is 27.2. The highest BCUT2D eigenvalue weighted by molar-refractivity contribution is 5.70. The van der Waals surface area contributed by atoms with E-state index in [2.05, 4.69) is 21.5 Å². The van der Waals surface area contributed by atoms with Gasteiger partial charge in [0.15, 0.2) is 0 Å². The van der Waals surface area contributed by atoms with Crippen molar-refractivity contribution < 1.29 is 9.90 Å². The van der Waals surface area contributed by atoms with Gasteiger partial charge in [-0.05, 0) is 45.2 Å². The lowest BCUT2D eigenvalue weighted by atomic mass is 9.94. The molecule has 0 saturated carbocycles. The maximum Gasteiger partial charge on any atom is 0.308 e. The highest BCUT2D eigenvalue weighted by atomic mass is 16.4. The molecular weight excluding hydrogens is 254 g/mol. The van der Waals surface area contributed by atoms with Crippen LogP contribution in [0, 0.1) is 11.8 Å². The van der Waals surface area contributed by atoms with E-state index in [1.165, 1.54) is 25.1 Å². The zero-order valence-corrected chi connectivity index (χ0v) is 12.1. The molecule has 1 fully saturated rings. The lowest BCUT2D eigenvalue weighted by Gasteiger charge is -2.30. The summed E-state index contributed by atoms with van der Waals surface area (Å²) in [5, 5.41) is 9.21. The fourth-order valence-corrected chi connectivity index (χ4v) is 3.57. The van der Waals surface area contributed by atoms with Gasteiger partial charge in [-0.1, -0.05) is 0 Å². The van der Waals surface area contributed by atoms with Gasteiger partial charge < -0.3 is 14.6 Å². The van der Waals surface area contributed by atoms with Crippen molar-refractivity contribution in [1.82, 2.24) is 14.5 Å². The number of aryl methyl sites for hydroxylation is 1. The molecule has 0 aromatic carbocycles. The van der Waals surface area contributed by atoms with Crippen molar-refractivity contribution in [3.8, 4) is 0 Å². The summed E-state index contributed by atoms with van der Waals surface area (Å²) >= 11 is 0. The number of carboxylic acid groups (broad SMARTS) is 1. The molecule has 0 amide bonds. The third kappa shape index (κ3) is 2.73. The molecule has 1 aromatic heterocycles. The summed E-state index contributed by atoms with van der Waals surface area (Å²) in [6.07, 6.45) is 7.03. The monoisotopic (exact) mass is 277 g/mol. The van der Waals surface area contributed by atoms with Gasteiger partial charge in [0, 0.05) is 31.4 Å². The largest absolute Gasteiger partial charge is 0.481 e. The summed E-state index contributed by atoms with van der Waals surface area (Å²) in [5.74, 6) is 0.828. The minimum atomic E-state index is -0.673. The molecule has 1 aromatic rings. The van der Waals surface area contributed by atoms with Gasteiger partial charge in [-0.25, -0.2) is 4.98 Å². The maximum atomic E-state index is 11.2. The van der Waals surface area contributed by atoms with Crippen LogP contribution in [0.4, 0.5) is 0 Å². The highest BCUT2D eigenvalue weighted by Gasteiger charge is 2.27.